The number of benzene rings is 2. The molecular weight excluding hydrogens is 268 g/mol. The van der Waals surface area contributed by atoms with Crippen LogP contribution in [0.4, 0.5) is 0 Å². The molecule has 1 heterocycles. The minimum absolute atomic E-state index is 0.319. The minimum atomic E-state index is -1.59. The van der Waals surface area contributed by atoms with Gasteiger partial charge >= 0.3 is 6.16 Å². The second-order valence-electron chi connectivity index (χ2n) is 4.66. The molecule has 1 aliphatic heterocycles. The standard InChI is InChI=1S/C17H16O4/c1-14-12-18-17(19-13-14,20-15-8-4-2-5-9-15)21-16-10-6-3-7-11-16/h2-11H,1,12-13H2. The lowest BCUT2D eigenvalue weighted by molar-refractivity contribution is -0.446. The first-order valence-electron chi connectivity index (χ1n) is 6.68. The molecule has 0 amide bonds. The van der Waals surface area contributed by atoms with E-state index >= 15 is 0 Å². The zero-order chi connectivity index (χ0) is 14.5. The summed E-state index contributed by atoms with van der Waals surface area (Å²) in [4.78, 5) is 0. The van der Waals surface area contributed by atoms with Gasteiger partial charge in [0.25, 0.3) is 0 Å². The maximum Gasteiger partial charge on any atom is 0.510 e. The number of hydrogen-bond acceptors (Lipinski definition) is 4. The quantitative estimate of drug-likeness (QED) is 0.637. The van der Waals surface area contributed by atoms with E-state index in [1.165, 1.54) is 0 Å². The lowest BCUT2D eigenvalue weighted by Gasteiger charge is -2.35. The monoisotopic (exact) mass is 284 g/mol. The van der Waals surface area contributed by atoms with Gasteiger partial charge in [-0.05, 0) is 29.8 Å². The fraction of sp³-hybridized carbons (Fsp3) is 0.176. The molecule has 3 rings (SSSR count). The van der Waals surface area contributed by atoms with Gasteiger partial charge in [0.05, 0.1) is 13.2 Å². The van der Waals surface area contributed by atoms with Crippen molar-refractivity contribution in [3.63, 3.8) is 0 Å². The number of hydrogen-bond donors (Lipinski definition) is 0. The van der Waals surface area contributed by atoms with Gasteiger partial charge in [0, 0.05) is 0 Å². The van der Waals surface area contributed by atoms with Crippen LogP contribution in [-0.2, 0) is 9.47 Å². The molecule has 0 aromatic heterocycles. The van der Waals surface area contributed by atoms with Crippen molar-refractivity contribution in [1.82, 2.24) is 0 Å². The first kappa shape index (κ1) is 13.7. The van der Waals surface area contributed by atoms with E-state index in [0.29, 0.717) is 24.7 Å². The molecule has 0 spiro atoms. The summed E-state index contributed by atoms with van der Waals surface area (Å²) in [6.45, 7) is 4.47. The molecule has 0 N–H and O–H groups in total. The van der Waals surface area contributed by atoms with Crippen LogP contribution in [0.1, 0.15) is 0 Å². The van der Waals surface area contributed by atoms with Gasteiger partial charge in [-0.15, -0.1) is 0 Å². The van der Waals surface area contributed by atoms with Crippen LogP contribution < -0.4 is 9.47 Å². The molecule has 0 aliphatic carbocycles. The highest BCUT2D eigenvalue weighted by atomic mass is 17.0. The zero-order valence-corrected chi connectivity index (χ0v) is 11.5. The molecule has 1 fully saturated rings. The molecule has 108 valence electrons. The van der Waals surface area contributed by atoms with Gasteiger partial charge in [-0.3, -0.25) is 9.47 Å². The summed E-state index contributed by atoms with van der Waals surface area (Å²) >= 11 is 0. The van der Waals surface area contributed by atoms with Crippen LogP contribution in [0.5, 0.6) is 11.5 Å². The first-order chi connectivity index (χ1) is 10.3. The Bertz CT molecular complexity index is 541. The van der Waals surface area contributed by atoms with E-state index in [2.05, 4.69) is 6.58 Å². The van der Waals surface area contributed by atoms with E-state index < -0.39 is 6.16 Å². The van der Waals surface area contributed by atoms with E-state index in [1.54, 1.807) is 0 Å². The van der Waals surface area contributed by atoms with Gasteiger partial charge in [-0.1, -0.05) is 43.0 Å². The number of rotatable bonds is 4. The smallest absolute Gasteiger partial charge is 0.407 e. The third kappa shape index (κ3) is 3.42. The predicted octanol–water partition coefficient (Wildman–Crippen LogP) is 3.36. The summed E-state index contributed by atoms with van der Waals surface area (Å²) in [5.74, 6) is 1.20. The van der Waals surface area contributed by atoms with Gasteiger partial charge in [0.1, 0.15) is 11.5 Å². The lowest BCUT2D eigenvalue weighted by atomic mass is 10.3. The maximum absolute atomic E-state index is 5.79. The van der Waals surface area contributed by atoms with Crippen molar-refractivity contribution in [2.24, 2.45) is 0 Å². The van der Waals surface area contributed by atoms with E-state index in [9.17, 15) is 0 Å². The first-order valence-corrected chi connectivity index (χ1v) is 6.68. The second kappa shape index (κ2) is 5.99. The SMILES string of the molecule is C=C1COC(Oc2ccccc2)(Oc2ccccc2)OC1. The van der Waals surface area contributed by atoms with E-state index in [0.717, 1.165) is 5.57 Å². The highest BCUT2D eigenvalue weighted by Gasteiger charge is 2.42. The molecular formula is C17H16O4. The molecule has 1 saturated heterocycles. The van der Waals surface area contributed by atoms with E-state index in [4.69, 9.17) is 18.9 Å². The summed E-state index contributed by atoms with van der Waals surface area (Å²) in [6, 6.07) is 18.5. The lowest BCUT2D eigenvalue weighted by Crippen LogP contribution is -2.51. The number of ether oxygens (including phenoxy) is 4. The molecule has 21 heavy (non-hydrogen) atoms. The topological polar surface area (TPSA) is 36.9 Å². The molecule has 2 aromatic rings. The molecule has 0 radical (unpaired) electrons. The van der Waals surface area contributed by atoms with Crippen molar-refractivity contribution in [3.05, 3.63) is 72.8 Å². The third-order valence-corrected chi connectivity index (χ3v) is 2.88. The van der Waals surface area contributed by atoms with Crippen molar-refractivity contribution in [3.8, 4) is 11.5 Å². The average Bonchev–Trinajstić information content (AvgIpc) is 2.52. The highest BCUT2D eigenvalue weighted by molar-refractivity contribution is 5.23. The van der Waals surface area contributed by atoms with Crippen molar-refractivity contribution < 1.29 is 18.9 Å². The Morgan fingerprint density at radius 1 is 0.762 bits per heavy atom. The normalized spacial score (nSPS) is 17.2. The highest BCUT2D eigenvalue weighted by Crippen LogP contribution is 2.28. The predicted molar refractivity (Wildman–Crippen MR) is 77.9 cm³/mol. The van der Waals surface area contributed by atoms with Crippen molar-refractivity contribution in [2.75, 3.05) is 13.2 Å². The Morgan fingerprint density at radius 2 is 1.19 bits per heavy atom. The fourth-order valence-corrected chi connectivity index (χ4v) is 1.87. The summed E-state index contributed by atoms with van der Waals surface area (Å²) in [6.07, 6.45) is -1.59. The van der Waals surface area contributed by atoms with Gasteiger partial charge in [0.2, 0.25) is 0 Å². The van der Waals surface area contributed by atoms with Crippen LogP contribution in [0.25, 0.3) is 0 Å². The van der Waals surface area contributed by atoms with Crippen LogP contribution in [-0.4, -0.2) is 19.4 Å². The summed E-state index contributed by atoms with van der Waals surface area (Å²) < 4.78 is 22.8. The van der Waals surface area contributed by atoms with Crippen LogP contribution in [0.3, 0.4) is 0 Å². The summed E-state index contributed by atoms with van der Waals surface area (Å²) in [5, 5.41) is 0. The van der Waals surface area contributed by atoms with Crippen molar-refractivity contribution >= 4 is 0 Å². The molecule has 4 heteroatoms. The van der Waals surface area contributed by atoms with Gasteiger partial charge in [-0.25, -0.2) is 0 Å². The van der Waals surface area contributed by atoms with Crippen LogP contribution in [0.2, 0.25) is 0 Å². The summed E-state index contributed by atoms with van der Waals surface area (Å²) in [7, 11) is 0. The maximum atomic E-state index is 5.79. The Labute approximate surface area is 123 Å². The molecule has 0 saturated carbocycles. The molecule has 0 unspecified atom stereocenters. The van der Waals surface area contributed by atoms with E-state index in [-0.39, 0.29) is 0 Å². The summed E-state index contributed by atoms with van der Waals surface area (Å²) in [5.41, 5.74) is 0.832. The van der Waals surface area contributed by atoms with Crippen LogP contribution >= 0.6 is 0 Å². The largest absolute Gasteiger partial charge is 0.510 e. The van der Waals surface area contributed by atoms with Gasteiger partial charge in [-0.2, -0.15) is 0 Å². The Balaban J connectivity index is 1.82. The van der Waals surface area contributed by atoms with Gasteiger partial charge < -0.3 is 9.47 Å². The fourth-order valence-electron chi connectivity index (χ4n) is 1.87. The van der Waals surface area contributed by atoms with Crippen molar-refractivity contribution in [1.29, 1.82) is 0 Å². The Morgan fingerprint density at radius 3 is 1.62 bits per heavy atom. The molecule has 0 atom stereocenters. The zero-order valence-electron chi connectivity index (χ0n) is 11.5. The molecule has 1 aliphatic rings. The second-order valence-corrected chi connectivity index (χ2v) is 4.66. The Hall–Kier alpha value is -2.30. The third-order valence-electron chi connectivity index (χ3n) is 2.88. The molecule has 2 aromatic carbocycles. The van der Waals surface area contributed by atoms with E-state index in [1.807, 2.05) is 60.7 Å². The Kier molecular flexibility index (Phi) is 3.90. The van der Waals surface area contributed by atoms with Crippen LogP contribution in [0, 0.1) is 0 Å². The van der Waals surface area contributed by atoms with Gasteiger partial charge in [0.15, 0.2) is 0 Å². The minimum Gasteiger partial charge on any atom is -0.407 e. The van der Waals surface area contributed by atoms with Crippen LogP contribution in [0.15, 0.2) is 72.8 Å². The van der Waals surface area contributed by atoms with Crippen molar-refractivity contribution in [2.45, 2.75) is 6.16 Å². The molecule has 4 nitrogen and oxygen atoms in total. The molecule has 0 bridgehead atoms. The average molecular weight is 284 g/mol. The number of para-hydroxylation sites is 2.